The van der Waals surface area contributed by atoms with Crippen LogP contribution in [-0.2, 0) is 9.59 Å². The van der Waals surface area contributed by atoms with Gasteiger partial charge in [-0.05, 0) is 44.7 Å². The number of β-amino-alcohol motifs (C(OH)–C–C–N with tert-alkyl or cyclic N) is 1. The molecule has 1 heterocycles. The SMILES string of the molecule is CC(O)CN1CCC(CN(C)C(=O)CNC(=O)[C@@H](N)C(C)C)CC1. The molecule has 2 amide bonds. The van der Waals surface area contributed by atoms with Gasteiger partial charge in [-0.25, -0.2) is 0 Å². The summed E-state index contributed by atoms with van der Waals surface area (Å²) in [5.74, 6) is 0.145. The van der Waals surface area contributed by atoms with Crippen molar-refractivity contribution in [1.29, 1.82) is 0 Å². The summed E-state index contributed by atoms with van der Waals surface area (Å²) < 4.78 is 0. The molecule has 0 bridgehead atoms. The first-order valence-electron chi connectivity index (χ1n) is 8.88. The van der Waals surface area contributed by atoms with E-state index in [1.807, 2.05) is 13.8 Å². The van der Waals surface area contributed by atoms with Crippen molar-refractivity contribution in [3.8, 4) is 0 Å². The molecule has 0 aromatic heterocycles. The largest absolute Gasteiger partial charge is 0.392 e. The summed E-state index contributed by atoms with van der Waals surface area (Å²) in [4.78, 5) is 27.9. The van der Waals surface area contributed by atoms with Crippen LogP contribution in [0.2, 0.25) is 0 Å². The average Bonchev–Trinajstić information content (AvgIpc) is 2.52. The molecule has 2 atom stereocenters. The van der Waals surface area contributed by atoms with Gasteiger partial charge < -0.3 is 26.0 Å². The molecule has 7 nitrogen and oxygen atoms in total. The number of carbonyl (C=O) groups is 2. The normalized spacial score (nSPS) is 19.1. The fourth-order valence-electron chi connectivity index (χ4n) is 2.93. The van der Waals surface area contributed by atoms with Gasteiger partial charge in [-0.2, -0.15) is 0 Å². The minimum atomic E-state index is -0.582. The second-order valence-corrected chi connectivity index (χ2v) is 7.35. The third-order valence-corrected chi connectivity index (χ3v) is 4.62. The van der Waals surface area contributed by atoms with Gasteiger partial charge >= 0.3 is 0 Å². The van der Waals surface area contributed by atoms with Crippen LogP contribution < -0.4 is 11.1 Å². The van der Waals surface area contributed by atoms with E-state index >= 15 is 0 Å². The molecule has 7 heteroatoms. The molecule has 0 radical (unpaired) electrons. The van der Waals surface area contributed by atoms with Crippen LogP contribution in [-0.4, -0.2) is 78.6 Å². The number of nitrogens with one attached hydrogen (secondary N) is 1. The van der Waals surface area contributed by atoms with E-state index in [4.69, 9.17) is 5.73 Å². The molecule has 1 rings (SSSR count). The van der Waals surface area contributed by atoms with Crippen molar-refractivity contribution in [2.24, 2.45) is 17.6 Å². The second kappa shape index (κ2) is 9.96. The minimum Gasteiger partial charge on any atom is -0.392 e. The highest BCUT2D eigenvalue weighted by Gasteiger charge is 2.23. The van der Waals surface area contributed by atoms with Crippen LogP contribution >= 0.6 is 0 Å². The van der Waals surface area contributed by atoms with Gasteiger partial charge in [0.25, 0.3) is 0 Å². The standard InChI is InChI=1S/C17H34N4O3/c1-12(2)16(18)17(24)19-9-15(23)20(4)11-14-5-7-21(8-6-14)10-13(3)22/h12-14,16,22H,5-11,18H2,1-4H3,(H,19,24)/t13?,16-/m0/s1. The van der Waals surface area contributed by atoms with Crippen LogP contribution in [0.1, 0.15) is 33.6 Å². The highest BCUT2D eigenvalue weighted by atomic mass is 16.3. The van der Waals surface area contributed by atoms with Gasteiger partial charge in [0.15, 0.2) is 0 Å². The lowest BCUT2D eigenvalue weighted by Crippen LogP contribution is -2.48. The summed E-state index contributed by atoms with van der Waals surface area (Å²) in [5, 5.41) is 12.0. The van der Waals surface area contributed by atoms with Crippen molar-refractivity contribution in [2.45, 2.75) is 45.8 Å². The molecule has 1 aliphatic rings. The van der Waals surface area contributed by atoms with E-state index in [0.717, 1.165) is 25.9 Å². The van der Waals surface area contributed by atoms with E-state index in [0.29, 0.717) is 19.0 Å². The van der Waals surface area contributed by atoms with Gasteiger partial charge in [0.2, 0.25) is 11.8 Å². The van der Waals surface area contributed by atoms with Gasteiger partial charge in [-0.1, -0.05) is 13.8 Å². The zero-order valence-corrected chi connectivity index (χ0v) is 15.5. The highest BCUT2D eigenvalue weighted by molar-refractivity contribution is 5.87. The van der Waals surface area contributed by atoms with Crippen molar-refractivity contribution in [2.75, 3.05) is 39.8 Å². The Labute approximate surface area is 145 Å². The summed E-state index contributed by atoms with van der Waals surface area (Å²) in [6.45, 7) is 8.88. The zero-order chi connectivity index (χ0) is 18.3. The van der Waals surface area contributed by atoms with E-state index in [1.54, 1.807) is 18.9 Å². The van der Waals surface area contributed by atoms with E-state index in [9.17, 15) is 14.7 Å². The zero-order valence-electron chi connectivity index (χ0n) is 15.5. The van der Waals surface area contributed by atoms with Crippen LogP contribution in [0.25, 0.3) is 0 Å². The Balaban J connectivity index is 2.29. The van der Waals surface area contributed by atoms with Crippen LogP contribution in [0.15, 0.2) is 0 Å². The third kappa shape index (κ3) is 7.15. The Morgan fingerprint density at radius 1 is 1.29 bits per heavy atom. The highest BCUT2D eigenvalue weighted by Crippen LogP contribution is 2.18. The Hall–Kier alpha value is -1.18. The topological polar surface area (TPSA) is 98.9 Å². The quantitative estimate of drug-likeness (QED) is 0.559. The number of hydrogen-bond acceptors (Lipinski definition) is 5. The van der Waals surface area contributed by atoms with E-state index in [-0.39, 0.29) is 30.4 Å². The number of hydrogen-bond donors (Lipinski definition) is 3. The molecule has 0 saturated carbocycles. The fourth-order valence-corrected chi connectivity index (χ4v) is 2.93. The molecule has 1 fully saturated rings. The average molecular weight is 342 g/mol. The number of likely N-dealkylation sites (tertiary alicyclic amines) is 1. The number of rotatable bonds is 8. The van der Waals surface area contributed by atoms with Crippen molar-refractivity contribution in [1.82, 2.24) is 15.1 Å². The molecule has 1 saturated heterocycles. The molecule has 1 aliphatic heterocycles. The smallest absolute Gasteiger partial charge is 0.241 e. The van der Waals surface area contributed by atoms with Gasteiger partial charge in [0.05, 0.1) is 18.7 Å². The maximum Gasteiger partial charge on any atom is 0.241 e. The summed E-state index contributed by atoms with van der Waals surface area (Å²) in [7, 11) is 1.78. The molecule has 4 N–H and O–H groups in total. The van der Waals surface area contributed by atoms with Crippen LogP contribution in [0.5, 0.6) is 0 Å². The molecule has 24 heavy (non-hydrogen) atoms. The fraction of sp³-hybridized carbons (Fsp3) is 0.882. The summed E-state index contributed by atoms with van der Waals surface area (Å²) in [6, 6.07) is -0.582. The van der Waals surface area contributed by atoms with E-state index < -0.39 is 6.04 Å². The van der Waals surface area contributed by atoms with Crippen molar-refractivity contribution >= 4 is 11.8 Å². The Kier molecular flexibility index (Phi) is 8.66. The predicted molar refractivity (Wildman–Crippen MR) is 94.3 cm³/mol. The maximum atomic E-state index is 12.2. The minimum absolute atomic E-state index is 0.00335. The van der Waals surface area contributed by atoms with E-state index in [2.05, 4.69) is 10.2 Å². The summed E-state index contributed by atoms with van der Waals surface area (Å²) in [6.07, 6.45) is 1.75. The number of aliphatic hydroxyl groups is 1. The van der Waals surface area contributed by atoms with Crippen molar-refractivity contribution < 1.29 is 14.7 Å². The number of piperidine rings is 1. The first kappa shape index (κ1) is 20.9. The number of amides is 2. The van der Waals surface area contributed by atoms with Gasteiger partial charge in [0, 0.05) is 20.1 Å². The lowest BCUT2D eigenvalue weighted by Gasteiger charge is -2.34. The number of nitrogens with two attached hydrogens (primary N) is 1. The van der Waals surface area contributed by atoms with Gasteiger partial charge in [-0.3, -0.25) is 9.59 Å². The maximum absolute atomic E-state index is 12.2. The lowest BCUT2D eigenvalue weighted by atomic mass is 9.96. The van der Waals surface area contributed by atoms with Crippen LogP contribution in [0, 0.1) is 11.8 Å². The second-order valence-electron chi connectivity index (χ2n) is 7.35. The van der Waals surface area contributed by atoms with Crippen LogP contribution in [0.3, 0.4) is 0 Å². The summed E-state index contributed by atoms with van der Waals surface area (Å²) in [5.41, 5.74) is 5.76. The first-order chi connectivity index (χ1) is 11.2. The van der Waals surface area contributed by atoms with Crippen LogP contribution in [0.4, 0.5) is 0 Å². The summed E-state index contributed by atoms with van der Waals surface area (Å²) >= 11 is 0. The number of nitrogens with zero attached hydrogens (tertiary/aromatic N) is 2. The first-order valence-corrected chi connectivity index (χ1v) is 8.88. The molecule has 0 aromatic rings. The predicted octanol–water partition coefficient (Wildman–Crippen LogP) is -0.363. The van der Waals surface area contributed by atoms with E-state index in [1.165, 1.54) is 0 Å². The van der Waals surface area contributed by atoms with Crippen molar-refractivity contribution in [3.05, 3.63) is 0 Å². The monoisotopic (exact) mass is 342 g/mol. The number of aliphatic hydroxyl groups excluding tert-OH is 1. The molecule has 0 aliphatic carbocycles. The van der Waals surface area contributed by atoms with Gasteiger partial charge in [0.1, 0.15) is 0 Å². The lowest BCUT2D eigenvalue weighted by molar-refractivity contribution is -0.133. The molecular formula is C17H34N4O3. The van der Waals surface area contributed by atoms with Gasteiger partial charge in [-0.15, -0.1) is 0 Å². The Morgan fingerprint density at radius 2 is 1.88 bits per heavy atom. The third-order valence-electron chi connectivity index (χ3n) is 4.62. The Morgan fingerprint density at radius 3 is 2.38 bits per heavy atom. The number of carbonyl (C=O) groups excluding carboxylic acids is 2. The Bertz CT molecular complexity index is 407. The van der Waals surface area contributed by atoms with Crippen molar-refractivity contribution in [3.63, 3.8) is 0 Å². The molecule has 0 spiro atoms. The molecule has 140 valence electrons. The molecule has 1 unspecified atom stereocenters. The molecule has 0 aromatic carbocycles. The molecular weight excluding hydrogens is 308 g/mol. The number of likely N-dealkylation sites (N-methyl/N-ethyl adjacent to an activating group) is 1.